The van der Waals surface area contributed by atoms with E-state index in [0.29, 0.717) is 24.2 Å². The van der Waals surface area contributed by atoms with Crippen molar-refractivity contribution in [2.75, 3.05) is 13.3 Å². The van der Waals surface area contributed by atoms with Gasteiger partial charge in [0.15, 0.2) is 0 Å². The molecule has 9 heteroatoms. The van der Waals surface area contributed by atoms with Gasteiger partial charge >= 0.3 is 14.2 Å². The minimum atomic E-state index is -0.861. The van der Waals surface area contributed by atoms with Crippen LogP contribution in [0.2, 0.25) is 0 Å². The van der Waals surface area contributed by atoms with E-state index in [1.807, 2.05) is 12.1 Å². The van der Waals surface area contributed by atoms with Crippen molar-refractivity contribution in [1.82, 2.24) is 0 Å². The average molecular weight is 388 g/mol. The molecule has 2 aromatic rings. The Kier molecular flexibility index (Phi) is 8.64. The second kappa shape index (κ2) is 10.7. The summed E-state index contributed by atoms with van der Waals surface area (Å²) in [4.78, 5) is 10.4. The lowest BCUT2D eigenvalue weighted by Gasteiger charge is -2.00. The van der Waals surface area contributed by atoms with Gasteiger partial charge in [-0.25, -0.2) is 0 Å². The summed E-state index contributed by atoms with van der Waals surface area (Å²) in [6.45, 7) is 5.19. The highest BCUT2D eigenvalue weighted by atomic mass is 31.1. The van der Waals surface area contributed by atoms with Crippen LogP contribution in [0.1, 0.15) is 27.0 Å². The normalized spacial score (nSPS) is 13.8. The molecule has 27 heavy (non-hydrogen) atoms. The molecule has 3 N–H and O–H groups in total. The Morgan fingerprint density at radius 2 is 1.52 bits per heavy atom. The molecule has 2 heterocycles. The van der Waals surface area contributed by atoms with Gasteiger partial charge in [-0.05, 0) is 40.9 Å². The lowest BCUT2D eigenvalue weighted by atomic mass is 9.79. The number of benzene rings is 2. The van der Waals surface area contributed by atoms with Gasteiger partial charge in [0.1, 0.15) is 6.29 Å². The van der Waals surface area contributed by atoms with Crippen LogP contribution in [0.4, 0.5) is 0 Å². The van der Waals surface area contributed by atoms with Crippen molar-refractivity contribution in [2.45, 2.75) is 19.8 Å². The predicted octanol–water partition coefficient (Wildman–Crippen LogP) is 0.0379. The molecule has 0 bridgehead atoms. The van der Waals surface area contributed by atoms with Crippen LogP contribution < -0.4 is 10.9 Å². The number of hydrogen-bond acceptors (Lipinski definition) is 6. The summed E-state index contributed by atoms with van der Waals surface area (Å²) >= 11 is 0. The monoisotopic (exact) mass is 388 g/mol. The molecule has 2 aliphatic heterocycles. The quantitative estimate of drug-likeness (QED) is 0.382. The summed E-state index contributed by atoms with van der Waals surface area (Å²) < 4.78 is 9.96. The zero-order valence-electron chi connectivity index (χ0n) is 15.4. The number of fused-ring (bicyclic) bond motifs is 2. The molecular weight excluding hydrogens is 365 g/mol. The third-order valence-electron chi connectivity index (χ3n) is 4.02. The number of hydrogen-bond donors (Lipinski definition) is 3. The summed E-state index contributed by atoms with van der Waals surface area (Å²) in [6.07, 6.45) is 0.755. The maximum atomic E-state index is 10.4. The van der Waals surface area contributed by atoms with Gasteiger partial charge in [0.05, 0.1) is 19.8 Å². The largest absolute Gasteiger partial charge is 0.491 e. The van der Waals surface area contributed by atoms with E-state index in [1.54, 1.807) is 24.3 Å². The molecule has 0 radical (unpaired) electrons. The molecule has 0 atom stereocenters. The Labute approximate surface area is 161 Å². The summed E-state index contributed by atoms with van der Waals surface area (Å²) in [5.74, 6) is 0. The number of aldehydes is 1. The zero-order chi connectivity index (χ0) is 19.8. The molecule has 0 aromatic heterocycles. The zero-order valence-corrected chi connectivity index (χ0v) is 16.4. The van der Waals surface area contributed by atoms with Crippen LogP contribution in [0.25, 0.3) is 0 Å². The Morgan fingerprint density at radius 1 is 1.00 bits per heavy atom. The second-order valence-corrected chi connectivity index (χ2v) is 7.09. The van der Waals surface area contributed by atoms with Crippen LogP contribution in [0.15, 0.2) is 36.4 Å². The number of carbonyl (C=O) groups is 1. The highest BCUT2D eigenvalue weighted by Crippen LogP contribution is 2.11. The van der Waals surface area contributed by atoms with E-state index >= 15 is 0 Å². The third-order valence-corrected chi connectivity index (χ3v) is 4.02. The fourth-order valence-electron chi connectivity index (χ4n) is 2.67. The molecule has 0 fully saturated rings. The highest BCUT2D eigenvalue weighted by molar-refractivity contribution is 7.35. The number of carbonyl (C=O) groups excluding carboxylic acids is 1. The lowest BCUT2D eigenvalue weighted by molar-refractivity contribution is 0.112. The van der Waals surface area contributed by atoms with E-state index in [1.165, 1.54) is 0 Å². The van der Waals surface area contributed by atoms with Crippen LogP contribution in [0, 0.1) is 0 Å². The van der Waals surface area contributed by atoms with Gasteiger partial charge in [0.25, 0.3) is 0 Å². The predicted molar refractivity (Wildman–Crippen MR) is 109 cm³/mol. The van der Waals surface area contributed by atoms with Gasteiger partial charge in [-0.15, -0.1) is 8.58 Å². The van der Waals surface area contributed by atoms with Crippen molar-refractivity contribution in [3.8, 4) is 0 Å². The fourth-order valence-corrected chi connectivity index (χ4v) is 2.67. The van der Waals surface area contributed by atoms with Crippen molar-refractivity contribution >= 4 is 40.0 Å². The number of aliphatic hydroxyl groups is 1. The van der Waals surface area contributed by atoms with Crippen LogP contribution in [-0.2, 0) is 29.1 Å². The van der Waals surface area contributed by atoms with Crippen LogP contribution in [-0.4, -0.2) is 49.0 Å². The van der Waals surface area contributed by atoms with E-state index in [-0.39, 0.29) is 6.61 Å². The first kappa shape index (κ1) is 21.8. The number of aliphatic hydroxyl groups excluding tert-OH is 1. The van der Waals surface area contributed by atoms with Crippen molar-refractivity contribution in [2.24, 2.45) is 0 Å². The molecule has 0 aliphatic carbocycles. The van der Waals surface area contributed by atoms with E-state index in [9.17, 15) is 14.8 Å². The summed E-state index contributed by atoms with van der Waals surface area (Å²) in [6, 6.07) is 10.6. The van der Waals surface area contributed by atoms with Gasteiger partial charge in [0, 0.05) is 5.56 Å². The molecule has 2 aromatic carbocycles. The molecule has 0 unspecified atom stereocenters. The van der Waals surface area contributed by atoms with E-state index in [4.69, 9.17) is 14.4 Å². The Morgan fingerprint density at radius 3 is 2.04 bits per heavy atom. The smallest absolute Gasteiger partial charge is 0.423 e. The maximum absolute atomic E-state index is 10.4. The fraction of sp³-hybridized carbons (Fsp3) is 0.278. The average Bonchev–Trinajstić information content (AvgIpc) is 3.25. The van der Waals surface area contributed by atoms with E-state index in [0.717, 1.165) is 37.0 Å². The Bertz CT molecular complexity index is 774. The first-order valence-corrected chi connectivity index (χ1v) is 10.5. The molecule has 2 aliphatic rings. The minimum absolute atomic E-state index is 0.000000000000000222. The standard InChI is InChI=1S/C8H9BO3.C8H7BO3.C2H7P/c2*10-4-6-1-2-7-5-12-9(11)8(7)3-6;1-3-2/h1-3,10-11H,4-5H2;1-4,11H,5H2;3H,1-2H3. The molecule has 0 amide bonds. The van der Waals surface area contributed by atoms with Gasteiger partial charge < -0.3 is 24.5 Å². The highest BCUT2D eigenvalue weighted by Gasteiger charge is 2.27. The van der Waals surface area contributed by atoms with E-state index in [2.05, 4.69) is 13.3 Å². The van der Waals surface area contributed by atoms with Crippen molar-refractivity contribution < 1.29 is 29.3 Å². The second-order valence-electron chi connectivity index (χ2n) is 6.09. The molecule has 0 spiro atoms. The maximum Gasteiger partial charge on any atom is 0.491 e. The van der Waals surface area contributed by atoms with Gasteiger partial charge in [-0.2, -0.15) is 0 Å². The topological polar surface area (TPSA) is 96.2 Å². The Balaban J connectivity index is 0.000000170. The molecule has 0 saturated carbocycles. The number of rotatable bonds is 2. The lowest BCUT2D eigenvalue weighted by Crippen LogP contribution is -2.28. The van der Waals surface area contributed by atoms with E-state index < -0.39 is 14.2 Å². The Hall–Kier alpha value is -1.53. The van der Waals surface area contributed by atoms with Gasteiger partial charge in [-0.1, -0.05) is 36.4 Å². The van der Waals surface area contributed by atoms with Gasteiger partial charge in [-0.3, -0.25) is 4.79 Å². The molecule has 4 rings (SSSR count). The third kappa shape index (κ3) is 5.72. The summed E-state index contributed by atoms with van der Waals surface area (Å²) in [7, 11) is -0.591. The first-order chi connectivity index (χ1) is 13.0. The van der Waals surface area contributed by atoms with Crippen LogP contribution >= 0.6 is 8.58 Å². The minimum Gasteiger partial charge on any atom is -0.423 e. The van der Waals surface area contributed by atoms with Crippen molar-refractivity contribution in [3.05, 3.63) is 58.7 Å². The van der Waals surface area contributed by atoms with Crippen molar-refractivity contribution in [1.29, 1.82) is 0 Å². The van der Waals surface area contributed by atoms with Crippen LogP contribution in [0.3, 0.4) is 0 Å². The first-order valence-electron chi connectivity index (χ1n) is 8.52. The van der Waals surface area contributed by atoms with Crippen LogP contribution in [0.5, 0.6) is 0 Å². The molecule has 0 saturated heterocycles. The SMILES string of the molecule is CPC.O=Cc1ccc2c(c1)B(O)OC2.OCc1ccc2c(c1)B(O)OC2. The summed E-state index contributed by atoms with van der Waals surface area (Å²) in [5, 5.41) is 27.4. The molecule has 6 nitrogen and oxygen atoms in total. The van der Waals surface area contributed by atoms with Crippen molar-refractivity contribution in [3.63, 3.8) is 0 Å². The van der Waals surface area contributed by atoms with Gasteiger partial charge in [0.2, 0.25) is 0 Å². The molecule has 142 valence electrons. The molecular formula is C18H23B2O6P. The summed E-state index contributed by atoms with van der Waals surface area (Å²) in [5.41, 5.74) is 4.81.